The molecule has 1 unspecified atom stereocenters. The van der Waals surface area contributed by atoms with Crippen LogP contribution in [0.15, 0.2) is 24.3 Å². The van der Waals surface area contributed by atoms with Crippen LogP contribution in [0.5, 0.6) is 5.75 Å². The molecule has 1 amide bonds. The highest BCUT2D eigenvalue weighted by molar-refractivity contribution is 5.95. The molecule has 1 aromatic rings. The molecule has 0 saturated carbocycles. The van der Waals surface area contributed by atoms with Crippen molar-refractivity contribution in [2.45, 2.75) is 18.4 Å². The number of carboxylic acid groups (broad SMARTS) is 1. The Balaban J connectivity index is 2.04. The Labute approximate surface area is 134 Å². The van der Waals surface area contributed by atoms with E-state index in [0.29, 0.717) is 37.6 Å². The van der Waals surface area contributed by atoms with Crippen molar-refractivity contribution in [3.63, 3.8) is 0 Å². The normalized spacial score (nSPS) is 20.2. The van der Waals surface area contributed by atoms with Crippen molar-refractivity contribution in [2.24, 2.45) is 0 Å². The number of carbonyl (C=O) groups is 2. The van der Waals surface area contributed by atoms with Gasteiger partial charge < -0.3 is 24.6 Å². The van der Waals surface area contributed by atoms with Crippen molar-refractivity contribution in [3.8, 4) is 5.75 Å². The number of carbonyl (C=O) groups excluding carboxylic acids is 1. The van der Waals surface area contributed by atoms with E-state index in [2.05, 4.69) is 5.32 Å². The Morgan fingerprint density at radius 3 is 2.87 bits per heavy atom. The zero-order valence-corrected chi connectivity index (χ0v) is 13.0. The Kier molecular flexibility index (Phi) is 5.95. The van der Waals surface area contributed by atoms with E-state index in [0.717, 1.165) is 0 Å². The fraction of sp³-hybridized carbons (Fsp3) is 0.500. The molecule has 1 heterocycles. The van der Waals surface area contributed by atoms with E-state index in [1.807, 2.05) is 0 Å². The van der Waals surface area contributed by atoms with Crippen molar-refractivity contribution >= 4 is 11.9 Å². The van der Waals surface area contributed by atoms with Crippen LogP contribution in [-0.2, 0) is 14.3 Å². The van der Waals surface area contributed by atoms with Gasteiger partial charge in [0.25, 0.3) is 5.91 Å². The van der Waals surface area contributed by atoms with Crippen LogP contribution in [0.3, 0.4) is 0 Å². The minimum atomic E-state index is -0.965. The summed E-state index contributed by atoms with van der Waals surface area (Å²) in [4.78, 5) is 23.5. The van der Waals surface area contributed by atoms with Crippen molar-refractivity contribution in [1.29, 1.82) is 0 Å². The first-order valence-electron chi connectivity index (χ1n) is 7.38. The summed E-state index contributed by atoms with van der Waals surface area (Å²) in [6, 6.07) is 6.74. The summed E-state index contributed by atoms with van der Waals surface area (Å²) in [7, 11) is 1.58. The van der Waals surface area contributed by atoms with Gasteiger partial charge in [0.1, 0.15) is 12.4 Å². The Bertz CT molecular complexity index is 553. The second-order valence-corrected chi connectivity index (χ2v) is 5.48. The van der Waals surface area contributed by atoms with Crippen molar-refractivity contribution in [2.75, 3.05) is 33.5 Å². The van der Waals surface area contributed by atoms with Gasteiger partial charge in [-0.25, -0.2) is 0 Å². The molecule has 0 bridgehead atoms. The van der Waals surface area contributed by atoms with E-state index in [1.54, 1.807) is 31.4 Å². The molecule has 1 aromatic carbocycles. The molecule has 0 aromatic heterocycles. The zero-order valence-electron chi connectivity index (χ0n) is 13.0. The topological polar surface area (TPSA) is 94.1 Å². The average Bonchev–Trinajstić information content (AvgIpc) is 2.95. The van der Waals surface area contributed by atoms with Gasteiger partial charge >= 0.3 is 5.97 Å². The van der Waals surface area contributed by atoms with Crippen LogP contribution in [0.2, 0.25) is 0 Å². The van der Waals surface area contributed by atoms with Crippen LogP contribution in [0.4, 0.5) is 0 Å². The number of ether oxygens (including phenoxy) is 3. The molecular formula is C16H21NO6. The van der Waals surface area contributed by atoms with Gasteiger partial charge in [-0.05, 0) is 24.6 Å². The van der Waals surface area contributed by atoms with E-state index in [-0.39, 0.29) is 18.9 Å². The van der Waals surface area contributed by atoms with E-state index in [9.17, 15) is 9.59 Å². The fourth-order valence-electron chi connectivity index (χ4n) is 2.46. The van der Waals surface area contributed by atoms with E-state index in [1.165, 1.54) is 0 Å². The number of carboxylic acids is 1. The smallest absolute Gasteiger partial charge is 0.305 e. The standard InChI is InChI=1S/C16H21NO6/c1-21-7-8-23-13-4-2-3-12(9-13)15(20)17-16(10-14(18)19)5-6-22-11-16/h2-4,9H,5-8,10-11H2,1H3,(H,17,20)(H,18,19). The van der Waals surface area contributed by atoms with Crippen LogP contribution < -0.4 is 10.1 Å². The second kappa shape index (κ2) is 7.94. The molecule has 23 heavy (non-hydrogen) atoms. The van der Waals surface area contributed by atoms with Gasteiger partial charge in [0.15, 0.2) is 0 Å². The van der Waals surface area contributed by atoms with Crippen molar-refractivity contribution in [3.05, 3.63) is 29.8 Å². The highest BCUT2D eigenvalue weighted by atomic mass is 16.5. The Morgan fingerprint density at radius 2 is 2.22 bits per heavy atom. The molecule has 1 aliphatic rings. The number of rotatable bonds is 8. The third-order valence-corrected chi connectivity index (χ3v) is 3.62. The highest BCUT2D eigenvalue weighted by Crippen LogP contribution is 2.24. The number of aliphatic carboxylic acids is 1. The maximum absolute atomic E-state index is 12.4. The lowest BCUT2D eigenvalue weighted by Gasteiger charge is -2.27. The first-order valence-corrected chi connectivity index (χ1v) is 7.38. The van der Waals surface area contributed by atoms with Gasteiger partial charge in [-0.3, -0.25) is 9.59 Å². The molecule has 0 spiro atoms. The molecule has 0 radical (unpaired) electrons. The van der Waals surface area contributed by atoms with Gasteiger partial charge in [-0.1, -0.05) is 6.07 Å². The highest BCUT2D eigenvalue weighted by Gasteiger charge is 2.38. The Morgan fingerprint density at radius 1 is 1.39 bits per heavy atom. The summed E-state index contributed by atoms with van der Waals surface area (Å²) in [6.07, 6.45) is 0.317. The Hall–Kier alpha value is -2.12. The SMILES string of the molecule is COCCOc1cccc(C(=O)NC2(CC(=O)O)CCOC2)c1. The predicted molar refractivity (Wildman–Crippen MR) is 81.7 cm³/mol. The third-order valence-electron chi connectivity index (χ3n) is 3.62. The van der Waals surface area contributed by atoms with Gasteiger partial charge in [0.2, 0.25) is 0 Å². The zero-order chi connectivity index (χ0) is 16.7. The lowest BCUT2D eigenvalue weighted by atomic mass is 9.93. The van der Waals surface area contributed by atoms with Crippen molar-refractivity contribution in [1.82, 2.24) is 5.32 Å². The fourth-order valence-corrected chi connectivity index (χ4v) is 2.46. The number of hydrogen-bond donors (Lipinski definition) is 2. The van der Waals surface area contributed by atoms with Crippen LogP contribution in [0.1, 0.15) is 23.2 Å². The van der Waals surface area contributed by atoms with Crippen LogP contribution in [-0.4, -0.2) is 56.1 Å². The molecule has 7 heteroatoms. The monoisotopic (exact) mass is 323 g/mol. The molecular weight excluding hydrogens is 302 g/mol. The summed E-state index contributed by atoms with van der Waals surface area (Å²) in [5.41, 5.74) is -0.438. The minimum absolute atomic E-state index is 0.164. The second-order valence-electron chi connectivity index (χ2n) is 5.48. The van der Waals surface area contributed by atoms with Gasteiger partial charge in [0, 0.05) is 19.3 Å². The van der Waals surface area contributed by atoms with Crippen LogP contribution in [0.25, 0.3) is 0 Å². The first-order chi connectivity index (χ1) is 11.0. The quantitative estimate of drug-likeness (QED) is 0.695. The summed E-state index contributed by atoms with van der Waals surface area (Å²) >= 11 is 0. The molecule has 2 rings (SSSR count). The molecule has 2 N–H and O–H groups in total. The predicted octanol–water partition coefficient (Wildman–Crippen LogP) is 1.08. The number of amides is 1. The molecule has 1 saturated heterocycles. The number of hydrogen-bond acceptors (Lipinski definition) is 5. The molecule has 1 atom stereocenters. The first kappa shape index (κ1) is 17.2. The maximum Gasteiger partial charge on any atom is 0.305 e. The van der Waals surface area contributed by atoms with Crippen LogP contribution in [0, 0.1) is 0 Å². The van der Waals surface area contributed by atoms with Gasteiger partial charge in [-0.15, -0.1) is 0 Å². The lowest BCUT2D eigenvalue weighted by molar-refractivity contribution is -0.138. The third kappa shape index (κ3) is 4.94. The number of methoxy groups -OCH3 is 1. The molecule has 126 valence electrons. The minimum Gasteiger partial charge on any atom is -0.491 e. The molecule has 0 aliphatic carbocycles. The van der Waals surface area contributed by atoms with E-state index < -0.39 is 11.5 Å². The largest absolute Gasteiger partial charge is 0.491 e. The van der Waals surface area contributed by atoms with E-state index >= 15 is 0 Å². The summed E-state index contributed by atoms with van der Waals surface area (Å²) in [5.74, 6) is -0.744. The average molecular weight is 323 g/mol. The summed E-state index contributed by atoms with van der Waals surface area (Å²) in [6.45, 7) is 1.48. The maximum atomic E-state index is 12.4. The molecule has 1 fully saturated rings. The lowest BCUT2D eigenvalue weighted by Crippen LogP contribution is -2.50. The summed E-state index contributed by atoms with van der Waals surface area (Å²) in [5, 5.41) is 11.9. The molecule has 1 aliphatic heterocycles. The van der Waals surface area contributed by atoms with Gasteiger partial charge in [0.05, 0.1) is 25.2 Å². The van der Waals surface area contributed by atoms with Crippen molar-refractivity contribution < 1.29 is 28.9 Å². The number of nitrogens with one attached hydrogen (secondary N) is 1. The summed E-state index contributed by atoms with van der Waals surface area (Å²) < 4.78 is 15.7. The van der Waals surface area contributed by atoms with Gasteiger partial charge in [-0.2, -0.15) is 0 Å². The van der Waals surface area contributed by atoms with E-state index in [4.69, 9.17) is 19.3 Å². The molecule has 7 nitrogen and oxygen atoms in total. The van der Waals surface area contributed by atoms with Crippen LogP contribution >= 0.6 is 0 Å². The number of benzene rings is 1.